The first-order valence-corrected chi connectivity index (χ1v) is 9.36. The molecule has 29 heavy (non-hydrogen) atoms. The second-order valence-electron chi connectivity index (χ2n) is 7.20. The Morgan fingerprint density at radius 2 is 1.38 bits per heavy atom. The Labute approximate surface area is 170 Å². The van der Waals surface area contributed by atoms with Crippen LogP contribution in [-0.2, 0) is 5.41 Å². The maximum absolute atomic E-state index is 11.3. The van der Waals surface area contributed by atoms with E-state index < -0.39 is 11.4 Å². The lowest BCUT2D eigenvalue weighted by Crippen LogP contribution is -2.19. The van der Waals surface area contributed by atoms with E-state index in [0.29, 0.717) is 13.2 Å². The molecule has 0 spiro atoms. The molecule has 3 aromatic carbocycles. The van der Waals surface area contributed by atoms with Crippen LogP contribution in [0.2, 0.25) is 0 Å². The van der Waals surface area contributed by atoms with Crippen LogP contribution < -0.4 is 9.47 Å². The van der Waals surface area contributed by atoms with Crippen molar-refractivity contribution in [2.24, 2.45) is 0 Å². The highest BCUT2D eigenvalue weighted by atomic mass is 16.5. The van der Waals surface area contributed by atoms with Crippen molar-refractivity contribution in [1.82, 2.24) is 0 Å². The smallest absolute Gasteiger partial charge is 0.339 e. The third kappa shape index (κ3) is 4.88. The van der Waals surface area contributed by atoms with E-state index in [9.17, 15) is 15.0 Å². The van der Waals surface area contributed by atoms with Crippen molar-refractivity contribution in [3.05, 3.63) is 89.5 Å². The van der Waals surface area contributed by atoms with E-state index >= 15 is 0 Å². The van der Waals surface area contributed by atoms with Crippen molar-refractivity contribution >= 4 is 5.97 Å². The Morgan fingerprint density at radius 3 is 1.97 bits per heavy atom. The van der Waals surface area contributed by atoms with Crippen LogP contribution in [0.5, 0.6) is 17.2 Å². The second-order valence-corrected chi connectivity index (χ2v) is 7.20. The number of phenols is 1. The molecule has 0 amide bonds. The lowest BCUT2D eigenvalue weighted by atomic mass is 9.77. The first kappa shape index (κ1) is 20.3. The van der Waals surface area contributed by atoms with Gasteiger partial charge >= 0.3 is 5.97 Å². The predicted molar refractivity (Wildman–Crippen MR) is 111 cm³/mol. The number of hydrogen-bond acceptors (Lipinski definition) is 4. The molecule has 0 atom stereocenters. The Morgan fingerprint density at radius 1 is 0.828 bits per heavy atom. The summed E-state index contributed by atoms with van der Waals surface area (Å²) in [4.78, 5) is 11.3. The minimum atomic E-state index is -1.15. The standard InChI is InChI=1S/C24H24O5/c1-24(2,18-10-13-22(25)21(16-18)23(26)27)17-8-11-20(12-9-17)29-15-14-28-19-6-4-3-5-7-19/h3-13,16,25H,14-15H2,1-2H3,(H,26,27). The minimum Gasteiger partial charge on any atom is -0.507 e. The predicted octanol–water partition coefficient (Wildman–Crippen LogP) is 4.87. The van der Waals surface area contributed by atoms with Gasteiger partial charge in [-0.05, 0) is 47.5 Å². The molecule has 5 heteroatoms. The fraction of sp³-hybridized carbons (Fsp3) is 0.208. The SMILES string of the molecule is CC(C)(c1ccc(OCCOc2ccccc2)cc1)c1ccc(O)c(C(=O)O)c1. The number of benzene rings is 3. The molecule has 0 unspecified atom stereocenters. The van der Waals surface area contributed by atoms with Crippen LogP contribution in [0.3, 0.4) is 0 Å². The van der Waals surface area contributed by atoms with Crippen molar-refractivity contribution in [3.8, 4) is 17.2 Å². The summed E-state index contributed by atoms with van der Waals surface area (Å²) in [7, 11) is 0. The van der Waals surface area contributed by atoms with Gasteiger partial charge in [0.15, 0.2) is 0 Å². The number of carbonyl (C=O) groups is 1. The lowest BCUT2D eigenvalue weighted by molar-refractivity contribution is 0.0693. The maximum Gasteiger partial charge on any atom is 0.339 e. The fourth-order valence-electron chi connectivity index (χ4n) is 3.07. The number of rotatable bonds is 8. The second kappa shape index (κ2) is 8.69. The van der Waals surface area contributed by atoms with E-state index in [1.807, 2.05) is 68.4 Å². The summed E-state index contributed by atoms with van der Waals surface area (Å²) in [6.45, 7) is 4.89. The van der Waals surface area contributed by atoms with E-state index in [0.717, 1.165) is 22.6 Å². The fourth-order valence-corrected chi connectivity index (χ4v) is 3.07. The van der Waals surface area contributed by atoms with E-state index in [2.05, 4.69) is 0 Å². The Hall–Kier alpha value is -3.47. The summed E-state index contributed by atoms with van der Waals surface area (Å²) in [5.74, 6) is 0.154. The van der Waals surface area contributed by atoms with Crippen LogP contribution in [0.1, 0.15) is 35.3 Å². The van der Waals surface area contributed by atoms with E-state index in [1.54, 1.807) is 6.07 Å². The van der Waals surface area contributed by atoms with Crippen molar-refractivity contribution in [1.29, 1.82) is 0 Å². The number of aromatic carboxylic acids is 1. The number of aromatic hydroxyl groups is 1. The maximum atomic E-state index is 11.3. The van der Waals surface area contributed by atoms with Gasteiger partial charge in [0.1, 0.15) is 36.0 Å². The zero-order chi connectivity index (χ0) is 20.9. The van der Waals surface area contributed by atoms with Gasteiger partial charge in [0.2, 0.25) is 0 Å². The topological polar surface area (TPSA) is 76.0 Å². The summed E-state index contributed by atoms with van der Waals surface area (Å²) in [5, 5.41) is 19.0. The molecule has 0 bridgehead atoms. The molecular weight excluding hydrogens is 368 g/mol. The molecule has 0 radical (unpaired) electrons. The molecule has 0 heterocycles. The molecule has 150 valence electrons. The van der Waals surface area contributed by atoms with Crippen LogP contribution >= 0.6 is 0 Å². The Balaban J connectivity index is 1.64. The molecule has 0 aliphatic heterocycles. The third-order valence-corrected chi connectivity index (χ3v) is 4.89. The normalized spacial score (nSPS) is 11.1. The molecule has 0 fully saturated rings. The molecule has 5 nitrogen and oxygen atoms in total. The van der Waals surface area contributed by atoms with Crippen LogP contribution in [0.25, 0.3) is 0 Å². The van der Waals surface area contributed by atoms with Crippen LogP contribution in [0.15, 0.2) is 72.8 Å². The molecule has 0 saturated heterocycles. The van der Waals surface area contributed by atoms with E-state index in [1.165, 1.54) is 12.1 Å². The molecule has 3 rings (SSSR count). The first-order chi connectivity index (χ1) is 13.9. The van der Waals surface area contributed by atoms with E-state index in [4.69, 9.17) is 9.47 Å². The number of carboxylic acid groups (broad SMARTS) is 1. The van der Waals surface area contributed by atoms with Gasteiger partial charge in [-0.1, -0.05) is 50.2 Å². The van der Waals surface area contributed by atoms with Gasteiger partial charge in [-0.15, -0.1) is 0 Å². The average Bonchev–Trinajstić information content (AvgIpc) is 2.72. The Bertz CT molecular complexity index is 962. The van der Waals surface area contributed by atoms with E-state index in [-0.39, 0.29) is 11.3 Å². The number of hydrogen-bond donors (Lipinski definition) is 2. The van der Waals surface area contributed by atoms with Crippen LogP contribution in [-0.4, -0.2) is 29.4 Å². The quantitative estimate of drug-likeness (QED) is 0.535. The van der Waals surface area contributed by atoms with Crippen LogP contribution in [0, 0.1) is 0 Å². The van der Waals surface area contributed by atoms with Crippen molar-refractivity contribution in [2.45, 2.75) is 19.3 Å². The average molecular weight is 392 g/mol. The third-order valence-electron chi connectivity index (χ3n) is 4.89. The van der Waals surface area contributed by atoms with Gasteiger partial charge < -0.3 is 19.7 Å². The highest BCUT2D eigenvalue weighted by Gasteiger charge is 2.25. The number of ether oxygens (including phenoxy) is 2. The molecule has 0 aliphatic carbocycles. The summed E-state index contributed by atoms with van der Waals surface area (Å²) < 4.78 is 11.3. The Kier molecular flexibility index (Phi) is 6.07. The van der Waals surface area contributed by atoms with Gasteiger partial charge in [0.05, 0.1) is 0 Å². The molecule has 0 saturated carbocycles. The highest BCUT2D eigenvalue weighted by Crippen LogP contribution is 2.34. The summed E-state index contributed by atoms with van der Waals surface area (Å²) in [6.07, 6.45) is 0. The minimum absolute atomic E-state index is 0.103. The zero-order valence-electron chi connectivity index (χ0n) is 16.5. The number of para-hydroxylation sites is 1. The van der Waals surface area contributed by atoms with Gasteiger partial charge in [-0.3, -0.25) is 0 Å². The van der Waals surface area contributed by atoms with Crippen molar-refractivity contribution in [2.75, 3.05) is 13.2 Å². The molecule has 3 aromatic rings. The highest BCUT2D eigenvalue weighted by molar-refractivity contribution is 5.91. The van der Waals surface area contributed by atoms with Crippen molar-refractivity contribution in [3.63, 3.8) is 0 Å². The largest absolute Gasteiger partial charge is 0.507 e. The number of carboxylic acids is 1. The molecule has 0 aliphatic rings. The lowest BCUT2D eigenvalue weighted by Gasteiger charge is -2.27. The van der Waals surface area contributed by atoms with Gasteiger partial charge in [-0.25, -0.2) is 4.79 Å². The molecular formula is C24H24O5. The van der Waals surface area contributed by atoms with Gasteiger partial charge in [-0.2, -0.15) is 0 Å². The van der Waals surface area contributed by atoms with Crippen molar-refractivity contribution < 1.29 is 24.5 Å². The first-order valence-electron chi connectivity index (χ1n) is 9.36. The summed E-state index contributed by atoms with van der Waals surface area (Å²) >= 11 is 0. The molecule has 0 aromatic heterocycles. The summed E-state index contributed by atoms with van der Waals surface area (Å²) in [5.41, 5.74) is 1.27. The van der Waals surface area contributed by atoms with Crippen LogP contribution in [0.4, 0.5) is 0 Å². The summed E-state index contributed by atoms with van der Waals surface area (Å²) in [6, 6.07) is 22.0. The molecule has 2 N–H and O–H groups in total. The van der Waals surface area contributed by atoms with Gasteiger partial charge in [0.25, 0.3) is 0 Å². The monoisotopic (exact) mass is 392 g/mol. The zero-order valence-corrected chi connectivity index (χ0v) is 16.5. The van der Waals surface area contributed by atoms with Gasteiger partial charge in [0, 0.05) is 5.41 Å².